The first-order valence-corrected chi connectivity index (χ1v) is 5.66. The molecule has 0 aromatic rings. The van der Waals surface area contributed by atoms with Crippen LogP contribution in [0.3, 0.4) is 0 Å². The molecule has 0 aliphatic heterocycles. The van der Waals surface area contributed by atoms with Gasteiger partial charge in [0.15, 0.2) is 0 Å². The zero-order valence-corrected chi connectivity index (χ0v) is 10.1. The second kappa shape index (κ2) is 7.81. The summed E-state index contributed by atoms with van der Waals surface area (Å²) in [4.78, 5) is 0. The van der Waals surface area contributed by atoms with Gasteiger partial charge in [0.1, 0.15) is 0 Å². The predicted octanol–water partition coefficient (Wildman–Crippen LogP) is 3.53. The van der Waals surface area contributed by atoms with E-state index in [0.29, 0.717) is 6.04 Å². The molecule has 0 saturated carbocycles. The van der Waals surface area contributed by atoms with Gasteiger partial charge in [-0.2, -0.15) is 0 Å². The Morgan fingerprint density at radius 3 is 2.50 bits per heavy atom. The zero-order valence-electron chi connectivity index (χ0n) is 10.1. The summed E-state index contributed by atoms with van der Waals surface area (Å²) in [6.45, 7) is 13.6. The summed E-state index contributed by atoms with van der Waals surface area (Å²) in [5.41, 5.74) is 1.28. The number of rotatable bonds is 7. The van der Waals surface area contributed by atoms with Gasteiger partial charge in [-0.05, 0) is 31.8 Å². The van der Waals surface area contributed by atoms with Gasteiger partial charge in [-0.3, -0.25) is 0 Å². The summed E-state index contributed by atoms with van der Waals surface area (Å²) in [6.07, 6.45) is 6.60. The summed E-state index contributed by atoms with van der Waals surface area (Å²) in [7, 11) is 0. The lowest BCUT2D eigenvalue weighted by atomic mass is 9.98. The van der Waals surface area contributed by atoms with Gasteiger partial charge in [-0.15, -0.1) is 0 Å². The molecule has 1 nitrogen and oxygen atoms in total. The van der Waals surface area contributed by atoms with E-state index in [2.05, 4.69) is 45.7 Å². The second-order valence-corrected chi connectivity index (χ2v) is 4.00. The van der Waals surface area contributed by atoms with Crippen LogP contribution in [0, 0.1) is 5.92 Å². The minimum atomic E-state index is 0.588. The fourth-order valence-corrected chi connectivity index (χ4v) is 1.48. The molecule has 0 saturated heterocycles. The molecule has 0 aliphatic carbocycles. The molecular weight excluding hydrogens is 170 g/mol. The van der Waals surface area contributed by atoms with Crippen LogP contribution in [0.1, 0.15) is 40.5 Å². The monoisotopic (exact) mass is 195 g/mol. The third-order valence-corrected chi connectivity index (χ3v) is 2.86. The number of allylic oxidation sites excluding steroid dienone is 1. The Bertz CT molecular complexity index is 182. The highest BCUT2D eigenvalue weighted by Crippen LogP contribution is 2.10. The van der Waals surface area contributed by atoms with Gasteiger partial charge in [-0.25, -0.2) is 0 Å². The van der Waals surface area contributed by atoms with Gasteiger partial charge < -0.3 is 5.32 Å². The molecule has 0 aromatic heterocycles. The van der Waals surface area contributed by atoms with Gasteiger partial charge in [0.05, 0.1) is 0 Å². The molecule has 14 heavy (non-hydrogen) atoms. The van der Waals surface area contributed by atoms with Gasteiger partial charge in [0.25, 0.3) is 0 Å². The fourth-order valence-electron chi connectivity index (χ4n) is 1.48. The van der Waals surface area contributed by atoms with E-state index < -0.39 is 0 Å². The van der Waals surface area contributed by atoms with E-state index in [9.17, 15) is 0 Å². The molecule has 0 rings (SSSR count). The summed E-state index contributed by atoms with van der Waals surface area (Å²) in [5, 5.41) is 3.53. The molecule has 0 amide bonds. The van der Waals surface area contributed by atoms with E-state index in [-0.39, 0.29) is 0 Å². The van der Waals surface area contributed by atoms with Crippen molar-refractivity contribution in [2.45, 2.75) is 46.6 Å². The normalized spacial score (nSPS) is 16.4. The van der Waals surface area contributed by atoms with Crippen molar-refractivity contribution in [3.63, 3.8) is 0 Å². The highest BCUT2D eigenvalue weighted by atomic mass is 14.9. The maximum absolute atomic E-state index is 3.78. The molecule has 0 aromatic carbocycles. The van der Waals surface area contributed by atoms with Crippen molar-refractivity contribution in [2.24, 2.45) is 5.92 Å². The summed E-state index contributed by atoms with van der Waals surface area (Å²) in [5.74, 6) is 0.753. The summed E-state index contributed by atoms with van der Waals surface area (Å²) >= 11 is 0. The first-order chi connectivity index (χ1) is 6.65. The number of hydrogen-bond acceptors (Lipinski definition) is 1. The first kappa shape index (κ1) is 13.4. The Kier molecular flexibility index (Phi) is 7.50. The van der Waals surface area contributed by atoms with Crippen LogP contribution in [-0.4, -0.2) is 12.6 Å². The zero-order chi connectivity index (χ0) is 11.0. The predicted molar refractivity (Wildman–Crippen MR) is 65.5 cm³/mol. The highest BCUT2D eigenvalue weighted by molar-refractivity contribution is 5.16. The van der Waals surface area contributed by atoms with Crippen LogP contribution in [0.15, 0.2) is 24.3 Å². The molecular formula is C13H25N. The SMILES string of the molecule is C=C/C(=C\C)CNC(C)C(C)CCC. The van der Waals surface area contributed by atoms with Crippen LogP contribution in [0.4, 0.5) is 0 Å². The second-order valence-electron chi connectivity index (χ2n) is 4.00. The molecule has 0 aliphatic rings. The van der Waals surface area contributed by atoms with Crippen LogP contribution < -0.4 is 5.32 Å². The van der Waals surface area contributed by atoms with Gasteiger partial charge >= 0.3 is 0 Å². The molecule has 1 heteroatoms. The van der Waals surface area contributed by atoms with Crippen LogP contribution in [0.5, 0.6) is 0 Å². The summed E-state index contributed by atoms with van der Waals surface area (Å²) in [6, 6.07) is 0.588. The molecule has 2 unspecified atom stereocenters. The Morgan fingerprint density at radius 2 is 2.07 bits per heavy atom. The fraction of sp³-hybridized carbons (Fsp3) is 0.692. The highest BCUT2D eigenvalue weighted by Gasteiger charge is 2.09. The minimum Gasteiger partial charge on any atom is -0.310 e. The van der Waals surface area contributed by atoms with Crippen LogP contribution in [0.25, 0.3) is 0 Å². The number of hydrogen-bond donors (Lipinski definition) is 1. The van der Waals surface area contributed by atoms with E-state index in [1.54, 1.807) is 0 Å². The third-order valence-electron chi connectivity index (χ3n) is 2.86. The third kappa shape index (κ3) is 5.23. The number of nitrogens with one attached hydrogen (secondary N) is 1. The van der Waals surface area contributed by atoms with Crippen molar-refractivity contribution in [3.8, 4) is 0 Å². The molecule has 0 spiro atoms. The van der Waals surface area contributed by atoms with Crippen molar-refractivity contribution in [2.75, 3.05) is 6.54 Å². The lowest BCUT2D eigenvalue weighted by Gasteiger charge is -2.21. The first-order valence-electron chi connectivity index (χ1n) is 5.66. The van der Waals surface area contributed by atoms with Gasteiger partial charge in [0.2, 0.25) is 0 Å². The molecule has 0 radical (unpaired) electrons. The van der Waals surface area contributed by atoms with Crippen molar-refractivity contribution in [3.05, 3.63) is 24.3 Å². The van der Waals surface area contributed by atoms with Crippen LogP contribution in [0.2, 0.25) is 0 Å². The Morgan fingerprint density at radius 1 is 1.43 bits per heavy atom. The molecule has 82 valence electrons. The lowest BCUT2D eigenvalue weighted by molar-refractivity contribution is 0.386. The van der Waals surface area contributed by atoms with E-state index in [1.807, 2.05) is 6.08 Å². The molecule has 0 heterocycles. The summed E-state index contributed by atoms with van der Waals surface area (Å²) < 4.78 is 0. The quantitative estimate of drug-likeness (QED) is 0.613. The van der Waals surface area contributed by atoms with Crippen molar-refractivity contribution < 1.29 is 0 Å². The van der Waals surface area contributed by atoms with Crippen molar-refractivity contribution >= 4 is 0 Å². The van der Waals surface area contributed by atoms with Crippen molar-refractivity contribution in [1.29, 1.82) is 0 Å². The maximum Gasteiger partial charge on any atom is 0.0204 e. The lowest BCUT2D eigenvalue weighted by Crippen LogP contribution is -2.33. The largest absolute Gasteiger partial charge is 0.310 e. The average molecular weight is 195 g/mol. The Labute approximate surface area is 89.3 Å². The topological polar surface area (TPSA) is 12.0 Å². The van der Waals surface area contributed by atoms with E-state index in [0.717, 1.165) is 12.5 Å². The minimum absolute atomic E-state index is 0.588. The van der Waals surface area contributed by atoms with Gasteiger partial charge in [0, 0.05) is 12.6 Å². The van der Waals surface area contributed by atoms with Crippen LogP contribution >= 0.6 is 0 Å². The smallest absolute Gasteiger partial charge is 0.0204 e. The molecule has 0 bridgehead atoms. The van der Waals surface area contributed by atoms with Gasteiger partial charge in [-0.1, -0.05) is 39.0 Å². The Hall–Kier alpha value is -0.560. The van der Waals surface area contributed by atoms with E-state index in [4.69, 9.17) is 0 Å². The van der Waals surface area contributed by atoms with E-state index >= 15 is 0 Å². The molecule has 1 N–H and O–H groups in total. The Balaban J connectivity index is 3.82. The molecule has 0 fully saturated rings. The maximum atomic E-state index is 3.78. The van der Waals surface area contributed by atoms with E-state index in [1.165, 1.54) is 18.4 Å². The average Bonchev–Trinajstić information content (AvgIpc) is 2.19. The molecule has 2 atom stereocenters. The van der Waals surface area contributed by atoms with Crippen molar-refractivity contribution in [1.82, 2.24) is 5.32 Å². The van der Waals surface area contributed by atoms with Crippen LogP contribution in [-0.2, 0) is 0 Å². The standard InChI is InChI=1S/C13H25N/c1-6-9-11(4)12(5)14-10-13(7-2)8-3/h7-8,11-12,14H,2,6,9-10H2,1,3-5H3/b13-8+.